The van der Waals surface area contributed by atoms with Crippen molar-refractivity contribution in [3.8, 4) is 0 Å². The average Bonchev–Trinajstić information content (AvgIpc) is 1.90. The molecule has 1 aromatic rings. The number of rotatable bonds is 1. The Morgan fingerprint density at radius 3 is 2.36 bits per heavy atom. The third kappa shape index (κ3) is 5.03. The summed E-state index contributed by atoms with van der Waals surface area (Å²) in [5.41, 5.74) is 0. The number of hydrogen-bond donors (Lipinski definition) is 0. The quantitative estimate of drug-likeness (QED) is 0.398. The van der Waals surface area contributed by atoms with Gasteiger partial charge < -0.3 is 17.4 Å². The van der Waals surface area contributed by atoms with Gasteiger partial charge in [0.2, 0.25) is 0 Å². The van der Waals surface area contributed by atoms with E-state index in [4.69, 9.17) is 0 Å². The fraction of sp³-hybridized carbons (Fsp3) is 0.375. The molecular weight excluding hydrogens is 163 g/mol. The average molecular weight is 175 g/mol. The fourth-order valence-corrected chi connectivity index (χ4v) is 0.557. The molecule has 0 aliphatic rings. The second-order valence-electron chi connectivity index (χ2n) is 2.20. The van der Waals surface area contributed by atoms with Crippen molar-refractivity contribution in [3.63, 3.8) is 0 Å². The third-order valence-corrected chi connectivity index (χ3v) is 1.05. The van der Waals surface area contributed by atoms with Gasteiger partial charge in [-0.1, -0.05) is 26.2 Å². The van der Waals surface area contributed by atoms with Crippen LogP contribution in [0.2, 0.25) is 0 Å². The maximum atomic E-state index is 4.04. The van der Waals surface area contributed by atoms with Crippen molar-refractivity contribution in [2.45, 2.75) is 19.8 Å². The summed E-state index contributed by atoms with van der Waals surface area (Å²) in [6.45, 7) is 4.12. The van der Waals surface area contributed by atoms with Gasteiger partial charge in [0.05, 0.1) is 0 Å². The van der Waals surface area contributed by atoms with Crippen LogP contribution in [0.5, 0.6) is 0 Å². The van der Waals surface area contributed by atoms with Crippen molar-refractivity contribution in [2.24, 2.45) is 0 Å². The van der Waals surface area contributed by atoms with Crippen LogP contribution >= 0.6 is 0 Å². The van der Waals surface area contributed by atoms with Crippen molar-refractivity contribution in [3.05, 3.63) is 31.7 Å². The zero-order chi connectivity index (χ0) is 6.69. The molecule has 0 aliphatic heterocycles. The first kappa shape index (κ1) is 14.3. The Morgan fingerprint density at radius 1 is 1.45 bits per heavy atom. The molecule has 0 aliphatic carbocycles. The largest absolute Gasteiger partial charge is 1.00 e. The van der Waals surface area contributed by atoms with Crippen LogP contribution in [0.15, 0.2) is 12.3 Å². The maximum Gasteiger partial charge on any atom is 1.00 e. The summed E-state index contributed by atoms with van der Waals surface area (Å²) in [4.78, 5) is 7.98. The zero-order valence-electron chi connectivity index (χ0n) is 7.63. The molecule has 0 aromatic carbocycles. The van der Waals surface area contributed by atoms with E-state index < -0.39 is 0 Å². The van der Waals surface area contributed by atoms with Gasteiger partial charge in [-0.2, -0.15) is 0 Å². The maximum absolute atomic E-state index is 4.04. The molecular formula is C8H12KN2-. The van der Waals surface area contributed by atoms with Crippen LogP contribution in [0.3, 0.4) is 0 Å². The molecule has 0 bridgehead atoms. The summed E-state index contributed by atoms with van der Waals surface area (Å²) in [5.74, 6) is 1.26. The van der Waals surface area contributed by atoms with Crippen LogP contribution in [-0.4, -0.2) is 9.97 Å². The first-order valence-electron chi connectivity index (χ1n) is 2.99. The molecule has 0 unspecified atom stereocenters. The van der Waals surface area contributed by atoms with Gasteiger partial charge in [0.25, 0.3) is 0 Å². The molecule has 3 heteroatoms. The van der Waals surface area contributed by atoms with E-state index in [1.54, 1.807) is 12.3 Å². The van der Waals surface area contributed by atoms with E-state index >= 15 is 0 Å². The molecule has 11 heavy (non-hydrogen) atoms. The summed E-state index contributed by atoms with van der Waals surface area (Å²) < 4.78 is 0. The Bertz CT molecular complexity index is 175. The van der Waals surface area contributed by atoms with Gasteiger partial charge >= 0.3 is 51.4 Å². The van der Waals surface area contributed by atoms with E-state index in [1.807, 2.05) is 0 Å². The first-order valence-corrected chi connectivity index (χ1v) is 2.99. The molecule has 1 aromatic heterocycles. The van der Waals surface area contributed by atoms with E-state index in [0.29, 0.717) is 5.92 Å². The summed E-state index contributed by atoms with van der Waals surface area (Å²) in [6.07, 6.45) is 4.44. The van der Waals surface area contributed by atoms with E-state index in [2.05, 4.69) is 30.0 Å². The molecule has 0 N–H and O–H groups in total. The third-order valence-electron chi connectivity index (χ3n) is 1.05. The molecule has 0 radical (unpaired) electrons. The number of aromatic nitrogens is 2. The van der Waals surface area contributed by atoms with Gasteiger partial charge in [-0.25, -0.2) is 0 Å². The molecule has 0 saturated heterocycles. The standard InChI is InChI=1S/C7H9N2.CH3.K/c1-6(2)7-8-4-3-5-9-7;;/h3-4,6H,1-2H3;1H3;/q2*-1;+1. The van der Waals surface area contributed by atoms with Crippen LogP contribution in [0.25, 0.3) is 0 Å². The Morgan fingerprint density at radius 2 is 2.09 bits per heavy atom. The van der Waals surface area contributed by atoms with E-state index in [9.17, 15) is 0 Å². The SMILES string of the molecule is CC(C)c1n[c-]ccn1.[CH3-].[K+]. The number of nitrogens with zero attached hydrogens (tertiary/aromatic N) is 2. The monoisotopic (exact) mass is 175 g/mol. The summed E-state index contributed by atoms with van der Waals surface area (Å²) in [7, 11) is 0. The van der Waals surface area contributed by atoms with Gasteiger partial charge in [0, 0.05) is 5.82 Å². The Hall–Kier alpha value is 0.716. The first-order chi connectivity index (χ1) is 4.30. The second-order valence-corrected chi connectivity index (χ2v) is 2.20. The second kappa shape index (κ2) is 7.37. The Kier molecular flexibility index (Phi) is 9.55. The minimum Gasteiger partial charge on any atom is -0.373 e. The molecule has 0 fully saturated rings. The normalized spacial score (nSPS) is 8.27. The van der Waals surface area contributed by atoms with Crippen molar-refractivity contribution >= 4 is 0 Å². The smallest absolute Gasteiger partial charge is 0.373 e. The van der Waals surface area contributed by atoms with Gasteiger partial charge in [-0.05, 0) is 5.92 Å². The van der Waals surface area contributed by atoms with Gasteiger partial charge in [0.1, 0.15) is 0 Å². The van der Waals surface area contributed by atoms with Crippen LogP contribution in [-0.2, 0) is 0 Å². The summed E-state index contributed by atoms with van der Waals surface area (Å²) in [6, 6.07) is 1.70. The van der Waals surface area contributed by atoms with Crippen molar-refractivity contribution in [2.75, 3.05) is 0 Å². The molecule has 0 saturated carbocycles. The fourth-order valence-electron chi connectivity index (χ4n) is 0.557. The van der Waals surface area contributed by atoms with Crippen molar-refractivity contribution in [1.29, 1.82) is 0 Å². The van der Waals surface area contributed by atoms with E-state index in [-0.39, 0.29) is 58.8 Å². The van der Waals surface area contributed by atoms with Gasteiger partial charge in [0.15, 0.2) is 0 Å². The van der Waals surface area contributed by atoms with Gasteiger partial charge in [-0.15, -0.1) is 6.07 Å². The zero-order valence-corrected chi connectivity index (χ0v) is 10.7. The van der Waals surface area contributed by atoms with Crippen molar-refractivity contribution < 1.29 is 51.4 Å². The predicted molar refractivity (Wildman–Crippen MR) is 41.4 cm³/mol. The minimum atomic E-state index is 0. The van der Waals surface area contributed by atoms with Crippen LogP contribution < -0.4 is 51.4 Å². The molecule has 0 amide bonds. The van der Waals surface area contributed by atoms with E-state index in [0.717, 1.165) is 5.82 Å². The Balaban J connectivity index is 0. The summed E-state index contributed by atoms with van der Waals surface area (Å²) in [5, 5.41) is 0. The predicted octanol–water partition coefficient (Wildman–Crippen LogP) is -1.15. The molecule has 0 spiro atoms. The van der Waals surface area contributed by atoms with Gasteiger partial charge in [-0.3, -0.25) is 0 Å². The van der Waals surface area contributed by atoms with Crippen molar-refractivity contribution in [1.82, 2.24) is 9.97 Å². The molecule has 2 nitrogen and oxygen atoms in total. The topological polar surface area (TPSA) is 25.8 Å². The molecule has 1 heterocycles. The Labute approximate surface area is 111 Å². The summed E-state index contributed by atoms with van der Waals surface area (Å²) >= 11 is 0. The molecule has 56 valence electrons. The molecule has 0 atom stereocenters. The number of hydrogen-bond acceptors (Lipinski definition) is 2. The minimum absolute atomic E-state index is 0. The van der Waals surface area contributed by atoms with Crippen LogP contribution in [0.4, 0.5) is 0 Å². The van der Waals surface area contributed by atoms with E-state index in [1.165, 1.54) is 0 Å². The van der Waals surface area contributed by atoms with Crippen LogP contribution in [0.1, 0.15) is 25.6 Å². The molecule has 1 rings (SSSR count). The van der Waals surface area contributed by atoms with Crippen LogP contribution in [0, 0.1) is 13.6 Å².